The van der Waals surface area contributed by atoms with Gasteiger partial charge in [-0.1, -0.05) is 48.5 Å². The van der Waals surface area contributed by atoms with E-state index in [0.29, 0.717) is 0 Å². The number of esters is 1. The second-order valence-corrected chi connectivity index (χ2v) is 8.13. The molecule has 0 fully saturated rings. The van der Waals surface area contributed by atoms with Gasteiger partial charge in [-0.25, -0.2) is 14.7 Å². The number of hydrogen-bond donors (Lipinski definition) is 1. The SMILES string of the molecule is CC(C)(C)OC(=O)C[C@H](NC(=O)OCC1c2ccccc2-c2ccccc21)C([O])=O. The second-order valence-electron chi connectivity index (χ2n) is 8.13. The van der Waals surface area contributed by atoms with Crippen molar-refractivity contribution in [3.63, 3.8) is 0 Å². The van der Waals surface area contributed by atoms with Crippen molar-refractivity contribution in [1.29, 1.82) is 0 Å². The van der Waals surface area contributed by atoms with E-state index in [1.807, 2.05) is 48.5 Å². The summed E-state index contributed by atoms with van der Waals surface area (Å²) in [4.78, 5) is 35.5. The summed E-state index contributed by atoms with van der Waals surface area (Å²) >= 11 is 0. The Labute approximate surface area is 175 Å². The van der Waals surface area contributed by atoms with E-state index in [2.05, 4.69) is 5.32 Å². The monoisotopic (exact) mass is 410 g/mol. The van der Waals surface area contributed by atoms with Crippen molar-refractivity contribution in [2.75, 3.05) is 6.61 Å². The fourth-order valence-electron chi connectivity index (χ4n) is 3.53. The van der Waals surface area contributed by atoms with Crippen LogP contribution in [0.1, 0.15) is 44.2 Å². The molecule has 2 aromatic rings. The van der Waals surface area contributed by atoms with Crippen molar-refractivity contribution in [2.45, 2.75) is 44.8 Å². The van der Waals surface area contributed by atoms with Gasteiger partial charge in [-0.2, -0.15) is 0 Å². The maximum Gasteiger partial charge on any atom is 0.407 e. The van der Waals surface area contributed by atoms with Crippen LogP contribution in [-0.2, 0) is 24.2 Å². The molecule has 0 aromatic heterocycles. The zero-order valence-electron chi connectivity index (χ0n) is 17.1. The lowest BCUT2D eigenvalue weighted by Gasteiger charge is -2.21. The van der Waals surface area contributed by atoms with E-state index in [-0.39, 0.29) is 12.5 Å². The van der Waals surface area contributed by atoms with E-state index in [1.54, 1.807) is 20.8 Å². The lowest BCUT2D eigenvalue weighted by molar-refractivity contribution is -0.159. The summed E-state index contributed by atoms with van der Waals surface area (Å²) in [5.41, 5.74) is 3.48. The van der Waals surface area contributed by atoms with Crippen LogP contribution in [0.5, 0.6) is 0 Å². The van der Waals surface area contributed by atoms with Gasteiger partial charge >= 0.3 is 18.0 Å². The molecule has 1 atom stereocenters. The molecule has 30 heavy (non-hydrogen) atoms. The molecule has 1 amide bonds. The molecule has 2 aromatic carbocycles. The van der Waals surface area contributed by atoms with Crippen molar-refractivity contribution in [2.24, 2.45) is 0 Å². The van der Waals surface area contributed by atoms with Crippen molar-refractivity contribution >= 4 is 18.0 Å². The largest absolute Gasteiger partial charge is 0.460 e. The van der Waals surface area contributed by atoms with Gasteiger partial charge in [0.15, 0.2) is 0 Å². The lowest BCUT2D eigenvalue weighted by Crippen LogP contribution is -2.43. The van der Waals surface area contributed by atoms with Gasteiger partial charge in [0, 0.05) is 5.92 Å². The number of nitrogens with one attached hydrogen (secondary N) is 1. The molecular formula is C23H24NO6. The predicted octanol–water partition coefficient (Wildman–Crippen LogP) is 3.58. The van der Waals surface area contributed by atoms with Crippen molar-refractivity contribution < 1.29 is 29.0 Å². The van der Waals surface area contributed by atoms with Gasteiger partial charge in [0.25, 0.3) is 0 Å². The Morgan fingerprint density at radius 3 is 2.00 bits per heavy atom. The highest BCUT2D eigenvalue weighted by molar-refractivity contribution is 5.85. The third-order valence-electron chi connectivity index (χ3n) is 4.71. The van der Waals surface area contributed by atoms with E-state index in [0.717, 1.165) is 22.3 Å². The number of carbonyl (C=O) groups is 3. The summed E-state index contributed by atoms with van der Waals surface area (Å²) in [7, 11) is 0. The van der Waals surface area contributed by atoms with Crippen LogP contribution in [0.4, 0.5) is 4.79 Å². The Kier molecular flexibility index (Phi) is 6.10. The topological polar surface area (TPSA) is 102 Å². The number of ether oxygens (including phenoxy) is 2. The van der Waals surface area contributed by atoms with Gasteiger partial charge in [-0.15, -0.1) is 0 Å². The molecule has 0 saturated heterocycles. The smallest absolute Gasteiger partial charge is 0.407 e. The quantitative estimate of drug-likeness (QED) is 0.734. The van der Waals surface area contributed by atoms with E-state index < -0.39 is 36.1 Å². The molecule has 0 aliphatic heterocycles. The third-order valence-corrected chi connectivity index (χ3v) is 4.71. The second kappa shape index (κ2) is 8.57. The first-order chi connectivity index (χ1) is 14.2. The van der Waals surface area contributed by atoms with Crippen molar-refractivity contribution in [3.8, 4) is 11.1 Å². The normalized spacial score (nSPS) is 13.7. The molecule has 0 unspecified atom stereocenters. The first-order valence-electron chi connectivity index (χ1n) is 9.70. The molecule has 0 spiro atoms. The van der Waals surface area contributed by atoms with Crippen LogP contribution in [-0.4, -0.2) is 36.3 Å². The summed E-state index contributed by atoms with van der Waals surface area (Å²) in [6.07, 6.45) is -1.49. The molecule has 1 radical (unpaired) electrons. The van der Waals surface area contributed by atoms with E-state index in [1.165, 1.54) is 0 Å². The fraction of sp³-hybridized carbons (Fsp3) is 0.348. The summed E-state index contributed by atoms with van der Waals surface area (Å²) in [5.74, 6) is -2.50. The van der Waals surface area contributed by atoms with Gasteiger partial charge in [0.2, 0.25) is 0 Å². The first-order valence-corrected chi connectivity index (χ1v) is 9.70. The van der Waals surface area contributed by atoms with Crippen LogP contribution in [0.25, 0.3) is 11.1 Å². The Bertz CT molecular complexity index is 917. The molecule has 157 valence electrons. The summed E-state index contributed by atoms with van der Waals surface area (Å²) in [6.45, 7) is 5.03. The van der Waals surface area contributed by atoms with E-state index >= 15 is 0 Å². The third kappa shape index (κ3) is 4.97. The van der Waals surface area contributed by atoms with Crippen molar-refractivity contribution in [1.82, 2.24) is 5.32 Å². The molecule has 7 nitrogen and oxygen atoms in total. The Balaban J connectivity index is 1.64. The maximum atomic E-state index is 12.2. The Hall–Kier alpha value is -3.35. The average Bonchev–Trinajstić information content (AvgIpc) is 2.98. The molecule has 0 bridgehead atoms. The van der Waals surface area contributed by atoms with Gasteiger partial charge < -0.3 is 14.8 Å². The van der Waals surface area contributed by atoms with Gasteiger partial charge in [0.05, 0.1) is 6.42 Å². The number of benzene rings is 2. The first kappa shape index (κ1) is 21.4. The number of alkyl carbamates (subject to hydrolysis) is 1. The maximum absolute atomic E-state index is 12.2. The van der Waals surface area contributed by atoms with Gasteiger partial charge in [-0.3, -0.25) is 4.79 Å². The Morgan fingerprint density at radius 1 is 0.967 bits per heavy atom. The zero-order valence-corrected chi connectivity index (χ0v) is 17.1. The molecule has 1 aliphatic rings. The number of hydrogen-bond acceptors (Lipinski definition) is 5. The molecule has 0 saturated carbocycles. The van der Waals surface area contributed by atoms with E-state index in [4.69, 9.17) is 9.47 Å². The lowest BCUT2D eigenvalue weighted by atomic mass is 9.98. The highest BCUT2D eigenvalue weighted by atomic mass is 16.6. The van der Waals surface area contributed by atoms with Gasteiger partial charge in [0.1, 0.15) is 18.2 Å². The molecular weight excluding hydrogens is 386 g/mol. The fourth-order valence-corrected chi connectivity index (χ4v) is 3.53. The summed E-state index contributed by atoms with van der Waals surface area (Å²) in [5, 5.41) is 13.5. The summed E-state index contributed by atoms with van der Waals surface area (Å²) < 4.78 is 10.4. The highest BCUT2D eigenvalue weighted by Crippen LogP contribution is 2.44. The van der Waals surface area contributed by atoms with Crippen LogP contribution in [0.3, 0.4) is 0 Å². The minimum Gasteiger partial charge on any atom is -0.460 e. The molecule has 7 heteroatoms. The van der Waals surface area contributed by atoms with Crippen LogP contribution in [0.2, 0.25) is 0 Å². The minimum atomic E-state index is -1.59. The van der Waals surface area contributed by atoms with Crippen LogP contribution in [0.15, 0.2) is 48.5 Å². The van der Waals surface area contributed by atoms with E-state index in [9.17, 15) is 19.5 Å². The Morgan fingerprint density at radius 2 is 1.50 bits per heavy atom. The van der Waals surface area contributed by atoms with Crippen LogP contribution < -0.4 is 5.32 Å². The molecule has 1 N–H and O–H groups in total. The zero-order chi connectivity index (χ0) is 21.9. The number of fused-ring (bicyclic) bond motifs is 3. The molecule has 0 heterocycles. The van der Waals surface area contributed by atoms with Crippen LogP contribution >= 0.6 is 0 Å². The number of amides is 1. The molecule has 3 rings (SSSR count). The van der Waals surface area contributed by atoms with Crippen molar-refractivity contribution in [3.05, 3.63) is 59.7 Å². The number of carbonyl (C=O) groups excluding carboxylic acids is 3. The average molecular weight is 410 g/mol. The minimum absolute atomic E-state index is 0.0338. The van der Waals surface area contributed by atoms with Crippen LogP contribution in [0, 0.1) is 0 Å². The highest BCUT2D eigenvalue weighted by Gasteiger charge is 2.31. The standard InChI is InChI=1S/C23H24NO6/c1-23(2,3)30-20(25)12-19(21(26)27)24-22(28)29-13-18-16-10-6-4-8-14(16)15-9-5-7-11-17(15)18/h4-11,18-19H,12-13H2,1-3H3,(H,24,28)/t19-/m0/s1. The predicted molar refractivity (Wildman–Crippen MR) is 108 cm³/mol. The molecule has 1 aliphatic carbocycles. The van der Waals surface area contributed by atoms with Gasteiger partial charge in [-0.05, 0) is 43.0 Å². The number of rotatable bonds is 6. The summed E-state index contributed by atoms with van der Waals surface area (Å²) in [6, 6.07) is 14.2.